The van der Waals surface area contributed by atoms with Crippen molar-refractivity contribution in [2.24, 2.45) is 26.4 Å². The van der Waals surface area contributed by atoms with Gasteiger partial charge in [0.1, 0.15) is 22.9 Å². The molecule has 0 atom stereocenters. The largest absolute Gasteiger partial charge is 0.494 e. The van der Waals surface area contributed by atoms with Crippen LogP contribution in [0.2, 0.25) is 0 Å². The Bertz CT molecular complexity index is 2670. The van der Waals surface area contributed by atoms with Gasteiger partial charge >= 0.3 is 11.1 Å². The van der Waals surface area contributed by atoms with Crippen molar-refractivity contribution in [1.82, 2.24) is 18.9 Å². The van der Waals surface area contributed by atoms with Crippen LogP contribution in [0.1, 0.15) is 67.7 Å². The van der Waals surface area contributed by atoms with Crippen LogP contribution in [-0.4, -0.2) is 84.6 Å². The molecule has 0 spiro atoms. The molecule has 0 aliphatic carbocycles. The highest BCUT2D eigenvalue weighted by molar-refractivity contribution is 5.62. The summed E-state index contributed by atoms with van der Waals surface area (Å²) < 4.78 is 18.1. The van der Waals surface area contributed by atoms with E-state index in [1.165, 1.54) is 9.13 Å². The van der Waals surface area contributed by atoms with Crippen molar-refractivity contribution in [2.45, 2.75) is 72.4 Å². The van der Waals surface area contributed by atoms with E-state index in [-0.39, 0.29) is 46.1 Å². The highest BCUT2D eigenvalue weighted by atomic mass is 16.5. The van der Waals surface area contributed by atoms with Crippen molar-refractivity contribution in [3.05, 3.63) is 141 Å². The molecule has 2 N–H and O–H groups in total. The topological polar surface area (TPSA) is 167 Å². The summed E-state index contributed by atoms with van der Waals surface area (Å²) in [5.74, 6) is 0.612. The number of methoxy groups -OCH3 is 2. The maximum Gasteiger partial charge on any atom is 0.326 e. The first-order valence-corrected chi connectivity index (χ1v) is 23.1. The average Bonchev–Trinajstić information content (AvgIpc) is 3.33. The smallest absolute Gasteiger partial charge is 0.326 e. The van der Waals surface area contributed by atoms with E-state index in [9.17, 15) is 19.8 Å². The van der Waals surface area contributed by atoms with Crippen LogP contribution in [-0.2, 0) is 13.1 Å². The minimum Gasteiger partial charge on any atom is -0.494 e. The zero-order chi connectivity index (χ0) is 49.1. The molecule has 4 aromatic heterocycles. The lowest BCUT2D eigenvalue weighted by molar-refractivity contribution is -0.597. The Morgan fingerprint density at radius 3 is 1.32 bits per heavy atom. The number of azo groups is 2. The van der Waals surface area contributed by atoms with E-state index in [1.807, 2.05) is 111 Å². The average molecular weight is 927 g/mol. The first-order valence-electron chi connectivity index (χ1n) is 23.1. The van der Waals surface area contributed by atoms with Crippen LogP contribution in [0.15, 0.2) is 128 Å². The molecule has 0 radical (unpaired) electrons. The van der Waals surface area contributed by atoms with Gasteiger partial charge in [-0.25, -0.2) is 0 Å². The summed E-state index contributed by atoms with van der Waals surface area (Å²) >= 11 is 0. The molecule has 6 rings (SSSR count). The van der Waals surface area contributed by atoms with E-state index in [1.54, 1.807) is 62.0 Å². The maximum atomic E-state index is 13.9. The normalized spacial score (nSPS) is 12.3. The van der Waals surface area contributed by atoms with Gasteiger partial charge in [-0.3, -0.25) is 18.7 Å². The van der Waals surface area contributed by atoms with Gasteiger partial charge in [0.15, 0.2) is 36.2 Å². The van der Waals surface area contributed by atoms with Gasteiger partial charge in [-0.2, -0.15) is 9.13 Å². The molecule has 68 heavy (non-hydrogen) atoms. The SMILES string of the molecule is CCC(CC)C(c1ccc(N=Nc2c(C)c(-[n+]3ccccc3)c(=O)n(CCCN(C)C)c2O)c(OC)c1)c1ccc(N=Nc2c(C)c(-[n+]3ccccc3)c(=O)n(CCCN(C)C)c2O)c(OC)c1. The Morgan fingerprint density at radius 2 is 0.985 bits per heavy atom. The third kappa shape index (κ3) is 11.2. The van der Waals surface area contributed by atoms with Crippen LogP contribution in [0.25, 0.3) is 11.4 Å². The lowest BCUT2D eigenvalue weighted by Gasteiger charge is -2.27. The molecular weight excluding hydrogens is 861 g/mol. The van der Waals surface area contributed by atoms with Crippen molar-refractivity contribution >= 4 is 22.7 Å². The lowest BCUT2D eigenvalue weighted by atomic mass is 9.78. The van der Waals surface area contributed by atoms with Crippen molar-refractivity contribution in [3.8, 4) is 34.6 Å². The summed E-state index contributed by atoms with van der Waals surface area (Å²) in [5.41, 5.74) is 4.33. The van der Waals surface area contributed by atoms with Crippen LogP contribution < -0.4 is 29.7 Å². The predicted octanol–water partition coefficient (Wildman–Crippen LogP) is 8.91. The maximum absolute atomic E-state index is 13.9. The summed E-state index contributed by atoms with van der Waals surface area (Å²) in [6.45, 7) is 9.91. The van der Waals surface area contributed by atoms with Crippen molar-refractivity contribution in [1.29, 1.82) is 0 Å². The number of pyridine rings is 4. The van der Waals surface area contributed by atoms with Crippen molar-refractivity contribution in [2.75, 3.05) is 55.5 Å². The first-order chi connectivity index (χ1) is 32.7. The summed E-state index contributed by atoms with van der Waals surface area (Å²) in [5, 5.41) is 41.5. The minimum atomic E-state index is -0.323. The Kier molecular flexibility index (Phi) is 17.1. The molecule has 0 unspecified atom stereocenters. The fraction of sp³-hybridized carbons (Fsp3) is 0.385. The van der Waals surface area contributed by atoms with E-state index in [0.29, 0.717) is 71.3 Å². The van der Waals surface area contributed by atoms with E-state index >= 15 is 0 Å². The lowest BCUT2D eigenvalue weighted by Crippen LogP contribution is -2.40. The first kappa shape index (κ1) is 50.4. The zero-order valence-electron chi connectivity index (χ0n) is 41.0. The molecule has 16 heteroatoms. The van der Waals surface area contributed by atoms with Gasteiger partial charge in [0, 0.05) is 43.3 Å². The van der Waals surface area contributed by atoms with E-state index in [4.69, 9.17) is 9.47 Å². The fourth-order valence-corrected chi connectivity index (χ4v) is 8.68. The summed E-state index contributed by atoms with van der Waals surface area (Å²) in [7, 11) is 11.0. The zero-order valence-corrected chi connectivity index (χ0v) is 41.0. The second-order valence-corrected chi connectivity index (χ2v) is 17.4. The van der Waals surface area contributed by atoms with Gasteiger partial charge < -0.3 is 29.5 Å². The highest BCUT2D eigenvalue weighted by Crippen LogP contribution is 2.44. The molecule has 0 aliphatic rings. The number of benzene rings is 2. The second-order valence-electron chi connectivity index (χ2n) is 17.4. The Balaban J connectivity index is 1.38. The van der Waals surface area contributed by atoms with Gasteiger partial charge in [-0.05, 0) is 109 Å². The Hall–Kier alpha value is -7.04. The van der Waals surface area contributed by atoms with Crippen LogP contribution >= 0.6 is 0 Å². The molecule has 0 saturated heterocycles. The van der Waals surface area contributed by atoms with Gasteiger partial charge in [-0.15, -0.1) is 20.5 Å². The number of hydrogen-bond donors (Lipinski definition) is 2. The fourth-order valence-electron chi connectivity index (χ4n) is 8.68. The van der Waals surface area contributed by atoms with E-state index in [0.717, 1.165) is 37.1 Å². The molecule has 0 fully saturated rings. The van der Waals surface area contributed by atoms with Crippen molar-refractivity contribution in [3.63, 3.8) is 0 Å². The monoisotopic (exact) mass is 927 g/mol. The van der Waals surface area contributed by atoms with Gasteiger partial charge in [0.2, 0.25) is 11.8 Å². The third-order valence-corrected chi connectivity index (χ3v) is 12.3. The quantitative estimate of drug-likeness (QED) is 0.0534. The number of nitrogens with zero attached hydrogens (tertiary/aromatic N) is 10. The summed E-state index contributed by atoms with van der Waals surface area (Å²) in [6.07, 6.45) is 10.2. The minimum absolute atomic E-state index is 0.0882. The third-order valence-electron chi connectivity index (χ3n) is 12.3. The molecule has 4 heterocycles. The molecule has 0 saturated carbocycles. The summed E-state index contributed by atoms with van der Waals surface area (Å²) in [4.78, 5) is 31.8. The molecular formula is C52H66N10O6+2. The van der Waals surface area contributed by atoms with Crippen LogP contribution in [0, 0.1) is 19.8 Å². The summed E-state index contributed by atoms with van der Waals surface area (Å²) in [6, 6.07) is 22.8. The Labute approximate surface area is 398 Å². The van der Waals surface area contributed by atoms with Crippen LogP contribution in [0.4, 0.5) is 22.7 Å². The number of ether oxygens (including phenoxy) is 2. The Morgan fingerprint density at radius 1 is 0.603 bits per heavy atom. The molecule has 6 aromatic rings. The standard InChI is InChI=1S/C52H64N10O6/c1-11-37(12-2)44(38-21-23-40(42(33-38)67-9)53-55-45-35(3)47(59-27-15-13-16-28-59)51(65)61(49(45)63)31-19-25-57(5)6)39-22-24-41(43(34-39)68-10)54-56-46-36(4)48(60-29-17-14-18-30-60)52(66)62(50(46)64)32-20-26-58(7)8/h13-18,21-24,27-30,33-34,37,44H,11-12,19-20,25-26,31-32H2,1-10H3/p+2. The number of aromatic hydroxyl groups is 2. The molecule has 0 amide bonds. The molecule has 0 aliphatic heterocycles. The van der Waals surface area contributed by atoms with E-state index < -0.39 is 0 Å². The van der Waals surface area contributed by atoms with Crippen LogP contribution in [0.5, 0.6) is 23.3 Å². The molecule has 2 aromatic carbocycles. The number of rotatable bonds is 21. The van der Waals surface area contributed by atoms with Gasteiger partial charge in [0.25, 0.3) is 11.4 Å². The predicted molar refractivity (Wildman–Crippen MR) is 264 cm³/mol. The van der Waals surface area contributed by atoms with Crippen molar-refractivity contribution < 1.29 is 28.8 Å². The molecule has 358 valence electrons. The van der Waals surface area contributed by atoms with E-state index in [2.05, 4.69) is 34.3 Å². The number of aromatic nitrogens is 4. The highest BCUT2D eigenvalue weighted by Gasteiger charge is 2.29. The van der Waals surface area contributed by atoms with Crippen LogP contribution in [0.3, 0.4) is 0 Å². The van der Waals surface area contributed by atoms with Gasteiger partial charge in [0.05, 0.1) is 25.3 Å². The second kappa shape index (κ2) is 23.1. The van der Waals surface area contributed by atoms with Gasteiger partial charge in [-0.1, -0.05) is 51.0 Å². The molecule has 16 nitrogen and oxygen atoms in total. The number of hydrogen-bond acceptors (Lipinski definition) is 12. The molecule has 0 bridgehead atoms.